The van der Waals surface area contributed by atoms with Crippen LogP contribution in [0.15, 0.2) is 53.4 Å². The molecule has 4 rings (SSSR count). The summed E-state index contributed by atoms with van der Waals surface area (Å²) < 4.78 is 5.22. The summed E-state index contributed by atoms with van der Waals surface area (Å²) in [6.45, 7) is 0.905. The van der Waals surface area contributed by atoms with Gasteiger partial charge in [-0.1, -0.05) is 24.3 Å². The van der Waals surface area contributed by atoms with E-state index in [0.29, 0.717) is 30.1 Å². The average molecular weight is 395 g/mol. The van der Waals surface area contributed by atoms with Crippen LogP contribution in [-0.4, -0.2) is 52.6 Å². The molecular weight excluding hydrogens is 374 g/mol. The second-order valence-corrected chi connectivity index (χ2v) is 7.42. The third-order valence-electron chi connectivity index (χ3n) is 4.99. The first-order valence-corrected chi connectivity index (χ1v) is 10.2. The molecule has 1 amide bonds. The number of aromatic amines is 1. The van der Waals surface area contributed by atoms with Gasteiger partial charge in [0.05, 0.1) is 12.6 Å². The van der Waals surface area contributed by atoms with Gasteiger partial charge in [0.15, 0.2) is 0 Å². The number of H-pyrrole nitrogens is 1. The van der Waals surface area contributed by atoms with Crippen LogP contribution >= 0.6 is 11.8 Å². The highest BCUT2D eigenvalue weighted by molar-refractivity contribution is 7.98. The molecule has 1 atom stereocenters. The minimum atomic E-state index is -0.290. The van der Waals surface area contributed by atoms with Gasteiger partial charge in [0.25, 0.3) is 5.91 Å². The molecule has 2 N–H and O–H groups in total. The van der Waals surface area contributed by atoms with Crippen molar-refractivity contribution in [3.8, 4) is 17.0 Å². The maximum atomic E-state index is 13.1. The summed E-state index contributed by atoms with van der Waals surface area (Å²) in [4.78, 5) is 16.0. The highest BCUT2D eigenvalue weighted by Crippen LogP contribution is 2.44. The topological polar surface area (TPSA) is 78.5 Å². The van der Waals surface area contributed by atoms with E-state index in [0.717, 1.165) is 16.0 Å². The Labute approximate surface area is 167 Å². The summed E-state index contributed by atoms with van der Waals surface area (Å²) >= 11 is 1.67. The van der Waals surface area contributed by atoms with Crippen LogP contribution in [0.5, 0.6) is 5.75 Å². The molecule has 7 heteroatoms. The van der Waals surface area contributed by atoms with E-state index in [-0.39, 0.29) is 17.7 Å². The molecule has 0 saturated carbocycles. The lowest BCUT2D eigenvalue weighted by atomic mass is 9.96. The molecule has 1 aromatic heterocycles. The van der Waals surface area contributed by atoms with Crippen LogP contribution in [0, 0.1) is 0 Å². The maximum Gasteiger partial charge on any atom is 0.273 e. The number of benzene rings is 2. The Morgan fingerprint density at radius 2 is 1.96 bits per heavy atom. The highest BCUT2D eigenvalue weighted by atomic mass is 32.2. The number of fused-ring (bicyclic) bond motifs is 1. The van der Waals surface area contributed by atoms with Crippen LogP contribution in [0.3, 0.4) is 0 Å². The summed E-state index contributed by atoms with van der Waals surface area (Å²) in [6.07, 6.45) is 2.03. The smallest absolute Gasteiger partial charge is 0.273 e. The van der Waals surface area contributed by atoms with Gasteiger partial charge < -0.3 is 14.7 Å². The number of carbonyl (C=O) groups is 1. The average Bonchev–Trinajstić information content (AvgIpc) is 3.26. The summed E-state index contributed by atoms with van der Waals surface area (Å²) in [7, 11) is 1.62. The van der Waals surface area contributed by atoms with Gasteiger partial charge in [-0.3, -0.25) is 9.89 Å². The molecule has 2 heterocycles. The Bertz CT molecular complexity index is 1000. The van der Waals surface area contributed by atoms with E-state index in [4.69, 9.17) is 4.74 Å². The third kappa shape index (κ3) is 3.06. The quantitative estimate of drug-likeness (QED) is 0.623. The van der Waals surface area contributed by atoms with Crippen molar-refractivity contribution >= 4 is 17.7 Å². The van der Waals surface area contributed by atoms with Gasteiger partial charge in [0, 0.05) is 29.7 Å². The molecule has 28 heavy (non-hydrogen) atoms. The number of aromatic nitrogens is 2. The molecule has 1 aliphatic heterocycles. The van der Waals surface area contributed by atoms with Crippen molar-refractivity contribution in [2.24, 2.45) is 0 Å². The molecule has 0 fully saturated rings. The number of nitrogens with one attached hydrogen (secondary N) is 1. The minimum Gasteiger partial charge on any atom is -0.507 e. The highest BCUT2D eigenvalue weighted by Gasteiger charge is 2.42. The van der Waals surface area contributed by atoms with Crippen LogP contribution in [-0.2, 0) is 4.74 Å². The second kappa shape index (κ2) is 7.69. The summed E-state index contributed by atoms with van der Waals surface area (Å²) in [5.74, 6) is 0.0243. The van der Waals surface area contributed by atoms with Gasteiger partial charge in [-0.25, -0.2) is 0 Å². The van der Waals surface area contributed by atoms with E-state index in [9.17, 15) is 9.90 Å². The molecular formula is C21H21N3O3S. The monoisotopic (exact) mass is 395 g/mol. The Morgan fingerprint density at radius 1 is 1.21 bits per heavy atom. The molecule has 144 valence electrons. The van der Waals surface area contributed by atoms with E-state index < -0.39 is 0 Å². The zero-order chi connectivity index (χ0) is 19.7. The first kappa shape index (κ1) is 18.6. The van der Waals surface area contributed by atoms with Gasteiger partial charge in [-0.05, 0) is 36.1 Å². The molecule has 0 aliphatic carbocycles. The van der Waals surface area contributed by atoms with Gasteiger partial charge in [-0.15, -0.1) is 11.8 Å². The van der Waals surface area contributed by atoms with Crippen molar-refractivity contribution in [2.45, 2.75) is 10.9 Å². The van der Waals surface area contributed by atoms with Gasteiger partial charge >= 0.3 is 0 Å². The van der Waals surface area contributed by atoms with Crippen molar-refractivity contribution in [1.82, 2.24) is 15.1 Å². The second-order valence-electron chi connectivity index (χ2n) is 6.55. The van der Waals surface area contributed by atoms with Crippen molar-refractivity contribution in [3.63, 3.8) is 0 Å². The van der Waals surface area contributed by atoms with Crippen LogP contribution < -0.4 is 0 Å². The number of carbonyl (C=O) groups excluding carboxylic acids is 1. The standard InChI is InChI=1S/C21H21N3O3S/c1-27-12-11-24-20(13-7-9-14(28-2)10-8-13)17-18(22-23-19(17)21(24)26)15-5-3-4-6-16(15)25/h3-10,20,25H,11-12H2,1-2H3,(H,22,23)/t20-/m1/s1. The zero-order valence-corrected chi connectivity index (χ0v) is 16.5. The van der Waals surface area contributed by atoms with Crippen LogP contribution in [0.1, 0.15) is 27.7 Å². The predicted molar refractivity (Wildman–Crippen MR) is 109 cm³/mol. The van der Waals surface area contributed by atoms with Gasteiger partial charge in [0.2, 0.25) is 0 Å². The van der Waals surface area contributed by atoms with Crippen LogP contribution in [0.4, 0.5) is 0 Å². The lowest BCUT2D eigenvalue weighted by Gasteiger charge is -2.26. The summed E-state index contributed by atoms with van der Waals surface area (Å²) in [5.41, 5.74) is 3.46. The van der Waals surface area contributed by atoms with Gasteiger partial charge in [-0.2, -0.15) is 5.10 Å². The number of thioether (sulfide) groups is 1. The first-order chi connectivity index (χ1) is 13.7. The largest absolute Gasteiger partial charge is 0.507 e. The fourth-order valence-electron chi connectivity index (χ4n) is 3.63. The molecule has 2 aromatic carbocycles. The molecule has 3 aromatic rings. The number of para-hydroxylation sites is 1. The zero-order valence-electron chi connectivity index (χ0n) is 15.7. The number of hydrogen-bond acceptors (Lipinski definition) is 5. The third-order valence-corrected chi connectivity index (χ3v) is 5.73. The first-order valence-electron chi connectivity index (χ1n) is 8.96. The number of hydrogen-bond donors (Lipinski definition) is 2. The number of rotatable bonds is 6. The molecule has 6 nitrogen and oxygen atoms in total. The van der Waals surface area contributed by atoms with Crippen molar-refractivity contribution in [2.75, 3.05) is 26.5 Å². The fraction of sp³-hybridized carbons (Fsp3) is 0.238. The number of amides is 1. The maximum absolute atomic E-state index is 13.1. The van der Waals surface area contributed by atoms with Crippen molar-refractivity contribution in [1.29, 1.82) is 0 Å². The Balaban J connectivity index is 1.86. The molecule has 0 saturated heterocycles. The predicted octanol–water partition coefficient (Wildman–Crippen LogP) is 3.70. The molecule has 1 aliphatic rings. The van der Waals surface area contributed by atoms with Crippen molar-refractivity contribution < 1.29 is 14.6 Å². The van der Waals surface area contributed by atoms with E-state index in [1.54, 1.807) is 35.9 Å². The van der Waals surface area contributed by atoms with Gasteiger partial charge in [0.1, 0.15) is 17.1 Å². The number of methoxy groups -OCH3 is 1. The molecule has 0 unspecified atom stereocenters. The lowest BCUT2D eigenvalue weighted by Crippen LogP contribution is -2.32. The van der Waals surface area contributed by atoms with Crippen LogP contribution in [0.25, 0.3) is 11.3 Å². The minimum absolute atomic E-state index is 0.111. The molecule has 0 radical (unpaired) electrons. The number of nitrogens with zero attached hydrogens (tertiary/aromatic N) is 2. The van der Waals surface area contributed by atoms with E-state index >= 15 is 0 Å². The lowest BCUT2D eigenvalue weighted by molar-refractivity contribution is 0.0677. The number of aromatic hydroxyl groups is 1. The molecule has 0 spiro atoms. The Kier molecular flexibility index (Phi) is 5.11. The van der Waals surface area contributed by atoms with E-state index in [2.05, 4.69) is 22.3 Å². The van der Waals surface area contributed by atoms with E-state index in [1.807, 2.05) is 30.5 Å². The Morgan fingerprint density at radius 3 is 2.64 bits per heavy atom. The Hall–Kier alpha value is -2.77. The van der Waals surface area contributed by atoms with Crippen LogP contribution in [0.2, 0.25) is 0 Å². The van der Waals surface area contributed by atoms with Crippen molar-refractivity contribution in [3.05, 3.63) is 65.4 Å². The van der Waals surface area contributed by atoms with E-state index in [1.165, 1.54) is 0 Å². The summed E-state index contributed by atoms with van der Waals surface area (Å²) in [6, 6.07) is 14.9. The number of ether oxygens (including phenoxy) is 1. The summed E-state index contributed by atoms with van der Waals surface area (Å²) in [5, 5.41) is 17.6. The fourth-order valence-corrected chi connectivity index (χ4v) is 4.04. The number of phenolic OH excluding ortho intramolecular Hbond substituents is 1. The normalized spacial score (nSPS) is 15.9. The SMILES string of the molecule is COCCN1C(=O)c2[nH]nc(-c3ccccc3O)c2[C@H]1c1ccc(SC)cc1. The molecule has 0 bridgehead atoms. The number of phenols is 1.